The molecule has 1 heterocycles. The van der Waals surface area contributed by atoms with Gasteiger partial charge in [-0.05, 0) is 24.3 Å². The summed E-state index contributed by atoms with van der Waals surface area (Å²) in [6.07, 6.45) is 4.87. The maximum absolute atomic E-state index is 4.75. The minimum atomic E-state index is 0.188. The standard InChI is InChI=1S/C13H19NS/c1-9-5-6-10(7-9)11-8-15-12(14-11)13(2,3)4/h7-9H,5-6H2,1-4H3/t9-/m1/s1. The molecule has 0 aliphatic heterocycles. The molecule has 0 fully saturated rings. The quantitative estimate of drug-likeness (QED) is 0.690. The molecule has 0 amide bonds. The van der Waals surface area contributed by atoms with Gasteiger partial charge in [0.05, 0.1) is 10.7 Å². The summed E-state index contributed by atoms with van der Waals surface area (Å²) in [5, 5.41) is 3.46. The highest BCUT2D eigenvalue weighted by Gasteiger charge is 2.20. The Morgan fingerprint density at radius 2 is 2.13 bits per heavy atom. The van der Waals surface area contributed by atoms with Gasteiger partial charge in [0.1, 0.15) is 0 Å². The Balaban J connectivity index is 2.25. The largest absolute Gasteiger partial charge is 0.241 e. The Morgan fingerprint density at radius 1 is 1.40 bits per heavy atom. The van der Waals surface area contributed by atoms with Gasteiger partial charge in [-0.25, -0.2) is 4.98 Å². The van der Waals surface area contributed by atoms with Crippen LogP contribution < -0.4 is 0 Å². The van der Waals surface area contributed by atoms with E-state index in [1.165, 1.54) is 29.1 Å². The first-order valence-corrected chi connectivity index (χ1v) is 6.52. The lowest BCUT2D eigenvalue weighted by Gasteiger charge is -2.13. The van der Waals surface area contributed by atoms with Crippen molar-refractivity contribution in [2.24, 2.45) is 5.92 Å². The molecule has 82 valence electrons. The van der Waals surface area contributed by atoms with Crippen LogP contribution in [-0.4, -0.2) is 4.98 Å². The molecule has 1 aliphatic carbocycles. The number of thiazole rings is 1. The van der Waals surface area contributed by atoms with Crippen LogP contribution in [0.5, 0.6) is 0 Å². The van der Waals surface area contributed by atoms with Crippen molar-refractivity contribution in [2.45, 2.75) is 46.0 Å². The van der Waals surface area contributed by atoms with E-state index in [9.17, 15) is 0 Å². The van der Waals surface area contributed by atoms with Crippen molar-refractivity contribution in [2.75, 3.05) is 0 Å². The Kier molecular flexibility index (Phi) is 2.72. The van der Waals surface area contributed by atoms with Crippen molar-refractivity contribution in [1.29, 1.82) is 0 Å². The maximum atomic E-state index is 4.75. The summed E-state index contributed by atoms with van der Waals surface area (Å²) >= 11 is 1.79. The first kappa shape index (κ1) is 10.9. The molecule has 2 heteroatoms. The van der Waals surface area contributed by atoms with Gasteiger partial charge in [-0.3, -0.25) is 0 Å². The van der Waals surface area contributed by atoms with Gasteiger partial charge in [0, 0.05) is 10.8 Å². The molecule has 0 radical (unpaired) electrons. The van der Waals surface area contributed by atoms with Gasteiger partial charge in [-0.2, -0.15) is 0 Å². The zero-order chi connectivity index (χ0) is 11.1. The SMILES string of the molecule is C[C@H]1C=C(c2csc(C(C)(C)C)n2)CC1. The second-order valence-electron chi connectivity index (χ2n) is 5.50. The number of hydrogen-bond acceptors (Lipinski definition) is 2. The van der Waals surface area contributed by atoms with E-state index >= 15 is 0 Å². The Hall–Kier alpha value is -0.630. The monoisotopic (exact) mass is 221 g/mol. The zero-order valence-electron chi connectivity index (χ0n) is 10.0. The minimum absolute atomic E-state index is 0.188. The fraction of sp³-hybridized carbons (Fsp3) is 0.615. The molecule has 0 unspecified atom stereocenters. The second-order valence-corrected chi connectivity index (χ2v) is 6.35. The molecule has 0 bridgehead atoms. The van der Waals surface area contributed by atoms with Crippen molar-refractivity contribution in [3.8, 4) is 0 Å². The van der Waals surface area contributed by atoms with Gasteiger partial charge < -0.3 is 0 Å². The van der Waals surface area contributed by atoms with E-state index in [0.717, 1.165) is 5.92 Å². The predicted molar refractivity (Wildman–Crippen MR) is 67.2 cm³/mol. The number of nitrogens with zero attached hydrogens (tertiary/aromatic N) is 1. The van der Waals surface area contributed by atoms with Crippen LogP contribution in [0.25, 0.3) is 5.57 Å². The summed E-state index contributed by atoms with van der Waals surface area (Å²) in [6, 6.07) is 0. The summed E-state index contributed by atoms with van der Waals surface area (Å²) in [7, 11) is 0. The third kappa shape index (κ3) is 2.31. The summed E-state index contributed by atoms with van der Waals surface area (Å²) in [4.78, 5) is 4.75. The Morgan fingerprint density at radius 3 is 2.60 bits per heavy atom. The molecule has 1 aromatic rings. The summed E-state index contributed by atoms with van der Waals surface area (Å²) in [6.45, 7) is 8.95. The lowest BCUT2D eigenvalue weighted by Crippen LogP contribution is -2.10. The Bertz CT molecular complexity index is 381. The lowest BCUT2D eigenvalue weighted by atomic mass is 9.98. The molecule has 1 aromatic heterocycles. The molecule has 0 saturated heterocycles. The van der Waals surface area contributed by atoms with Crippen LogP contribution in [0.15, 0.2) is 11.5 Å². The van der Waals surface area contributed by atoms with Crippen LogP contribution in [0.3, 0.4) is 0 Å². The number of allylic oxidation sites excluding steroid dienone is 2. The highest BCUT2D eigenvalue weighted by molar-refractivity contribution is 7.09. The van der Waals surface area contributed by atoms with Gasteiger partial charge in [0.15, 0.2) is 0 Å². The van der Waals surface area contributed by atoms with E-state index in [1.54, 1.807) is 11.3 Å². The average Bonchev–Trinajstić information content (AvgIpc) is 2.69. The zero-order valence-corrected chi connectivity index (χ0v) is 10.8. The fourth-order valence-corrected chi connectivity index (χ4v) is 2.80. The topological polar surface area (TPSA) is 12.9 Å². The van der Waals surface area contributed by atoms with Gasteiger partial charge in [0.2, 0.25) is 0 Å². The normalized spacial score (nSPS) is 21.9. The summed E-state index contributed by atoms with van der Waals surface area (Å²) < 4.78 is 0. The van der Waals surface area contributed by atoms with E-state index in [-0.39, 0.29) is 5.41 Å². The molecule has 2 rings (SSSR count). The van der Waals surface area contributed by atoms with E-state index in [0.29, 0.717) is 0 Å². The van der Waals surface area contributed by atoms with Crippen LogP contribution in [-0.2, 0) is 5.41 Å². The molecule has 15 heavy (non-hydrogen) atoms. The molecule has 0 saturated carbocycles. The maximum Gasteiger partial charge on any atom is 0.0986 e. The van der Waals surface area contributed by atoms with Gasteiger partial charge >= 0.3 is 0 Å². The van der Waals surface area contributed by atoms with Crippen LogP contribution in [0, 0.1) is 5.92 Å². The van der Waals surface area contributed by atoms with E-state index in [2.05, 4.69) is 39.2 Å². The lowest BCUT2D eigenvalue weighted by molar-refractivity contribution is 0.585. The van der Waals surface area contributed by atoms with Crippen LogP contribution >= 0.6 is 11.3 Å². The Labute approximate surface area is 96.2 Å². The van der Waals surface area contributed by atoms with Crippen molar-refractivity contribution in [3.05, 3.63) is 22.2 Å². The van der Waals surface area contributed by atoms with E-state index in [4.69, 9.17) is 4.98 Å². The number of aromatic nitrogens is 1. The first-order valence-electron chi connectivity index (χ1n) is 5.64. The average molecular weight is 221 g/mol. The smallest absolute Gasteiger partial charge is 0.0986 e. The number of rotatable bonds is 1. The molecule has 0 N–H and O–H groups in total. The van der Waals surface area contributed by atoms with E-state index < -0.39 is 0 Å². The fourth-order valence-electron chi connectivity index (χ4n) is 1.87. The summed E-state index contributed by atoms with van der Waals surface area (Å²) in [5.41, 5.74) is 2.86. The minimum Gasteiger partial charge on any atom is -0.241 e. The van der Waals surface area contributed by atoms with Crippen molar-refractivity contribution < 1.29 is 0 Å². The molecular formula is C13H19NS. The molecule has 1 aliphatic rings. The van der Waals surface area contributed by atoms with Crippen LogP contribution in [0.1, 0.15) is 51.2 Å². The van der Waals surface area contributed by atoms with Gasteiger partial charge in [0.25, 0.3) is 0 Å². The third-order valence-corrected chi connectivity index (χ3v) is 4.10. The molecule has 1 nitrogen and oxygen atoms in total. The molecule has 0 aromatic carbocycles. The third-order valence-electron chi connectivity index (χ3n) is 2.83. The van der Waals surface area contributed by atoms with Crippen molar-refractivity contribution in [1.82, 2.24) is 4.98 Å². The van der Waals surface area contributed by atoms with Gasteiger partial charge in [-0.1, -0.05) is 33.8 Å². The molecular weight excluding hydrogens is 202 g/mol. The van der Waals surface area contributed by atoms with Crippen LogP contribution in [0.2, 0.25) is 0 Å². The predicted octanol–water partition coefficient (Wildman–Crippen LogP) is 4.25. The highest BCUT2D eigenvalue weighted by atomic mass is 32.1. The van der Waals surface area contributed by atoms with Gasteiger partial charge in [-0.15, -0.1) is 11.3 Å². The molecule has 0 spiro atoms. The highest BCUT2D eigenvalue weighted by Crippen LogP contribution is 2.34. The van der Waals surface area contributed by atoms with E-state index in [1.807, 2.05) is 0 Å². The van der Waals surface area contributed by atoms with Crippen LogP contribution in [0.4, 0.5) is 0 Å². The van der Waals surface area contributed by atoms with Crippen molar-refractivity contribution >= 4 is 16.9 Å². The van der Waals surface area contributed by atoms with Crippen molar-refractivity contribution in [3.63, 3.8) is 0 Å². The second kappa shape index (κ2) is 3.75. The number of hydrogen-bond donors (Lipinski definition) is 0. The molecule has 1 atom stereocenters. The summed E-state index contributed by atoms with van der Waals surface area (Å²) in [5.74, 6) is 0.736. The first-order chi connectivity index (χ1) is 6.97.